The van der Waals surface area contributed by atoms with E-state index in [9.17, 15) is 4.89 Å². The van der Waals surface area contributed by atoms with Crippen LogP contribution in [0.2, 0.25) is 0 Å². The molecule has 0 aromatic heterocycles. The molecule has 6 heteroatoms. The highest BCUT2D eigenvalue weighted by Gasteiger charge is 2.07. The number of hydrogen-bond donors (Lipinski definition) is 1. The van der Waals surface area contributed by atoms with Gasteiger partial charge in [0.05, 0.1) is 0 Å². The maximum atomic E-state index is 9.23. The first-order valence-corrected chi connectivity index (χ1v) is 7.84. The second-order valence-electron chi connectivity index (χ2n) is 2.74. The third-order valence-corrected chi connectivity index (χ3v) is 4.17. The Morgan fingerprint density at radius 3 is 1.79 bits per heavy atom. The summed E-state index contributed by atoms with van der Waals surface area (Å²) in [6.45, 7) is 4.25. The lowest BCUT2D eigenvalue weighted by atomic mass is 10.4. The molecule has 0 rings (SSSR count). The van der Waals surface area contributed by atoms with Crippen LogP contribution in [0.25, 0.3) is 0 Å². The Balaban J connectivity index is 3.07. The van der Waals surface area contributed by atoms with E-state index >= 15 is 0 Å². The quantitative estimate of drug-likeness (QED) is 0.362. The molecular weight excluding hydrogens is 239 g/mol. The Labute approximate surface area is 96.7 Å². The van der Waals surface area contributed by atoms with Gasteiger partial charge in [-0.15, -0.1) is 0 Å². The molecule has 0 aliphatic carbocycles. The molecule has 0 saturated heterocycles. The summed E-state index contributed by atoms with van der Waals surface area (Å²) in [6, 6.07) is 0. The molecule has 14 heavy (non-hydrogen) atoms. The predicted octanol–water partition coefficient (Wildman–Crippen LogP) is 4.14. The first-order valence-electron chi connectivity index (χ1n) is 4.89. The summed E-state index contributed by atoms with van der Waals surface area (Å²) in [5.74, 6) is 1.83. The Morgan fingerprint density at radius 2 is 1.43 bits per heavy atom. The van der Waals surface area contributed by atoms with E-state index in [2.05, 4.69) is 13.8 Å². The van der Waals surface area contributed by atoms with Crippen molar-refractivity contribution < 1.29 is 12.8 Å². The van der Waals surface area contributed by atoms with E-state index in [1.54, 1.807) is 0 Å². The van der Waals surface area contributed by atoms with E-state index in [0.717, 1.165) is 37.2 Å². The largest absolute Gasteiger partial charge is 0.354 e. The molecule has 0 bridgehead atoms. The van der Waals surface area contributed by atoms with Crippen LogP contribution >= 0.6 is 32.7 Å². The first-order chi connectivity index (χ1) is 6.81. The minimum absolute atomic E-state index is 0.916. The maximum Gasteiger partial charge on any atom is 0.354 e. The summed E-state index contributed by atoms with van der Waals surface area (Å²) in [6.07, 6.45) is 4.51. The molecule has 0 aliphatic rings. The van der Waals surface area contributed by atoms with E-state index < -0.39 is 8.60 Å². The van der Waals surface area contributed by atoms with Gasteiger partial charge < -0.3 is 4.89 Å². The molecule has 1 N–H and O–H groups in total. The van der Waals surface area contributed by atoms with Gasteiger partial charge >= 0.3 is 8.60 Å². The minimum atomic E-state index is -1.69. The molecule has 0 amide bonds. The van der Waals surface area contributed by atoms with E-state index in [4.69, 9.17) is 7.94 Å². The molecule has 0 aliphatic heterocycles. The summed E-state index contributed by atoms with van der Waals surface area (Å²) in [4.78, 5) is 9.23. The highest BCUT2D eigenvalue weighted by Crippen LogP contribution is 2.42. The number of hydrogen-bond acceptors (Lipinski definition) is 5. The van der Waals surface area contributed by atoms with Crippen LogP contribution < -0.4 is 0 Å². The Hall–Kier alpha value is 1.01. The molecule has 0 saturated carbocycles. The van der Waals surface area contributed by atoms with Crippen molar-refractivity contribution in [2.75, 3.05) is 11.5 Å². The summed E-state index contributed by atoms with van der Waals surface area (Å²) in [7, 11) is -1.69. The zero-order chi connectivity index (χ0) is 10.6. The molecule has 0 aromatic rings. The zero-order valence-electron chi connectivity index (χ0n) is 8.77. The van der Waals surface area contributed by atoms with Crippen molar-refractivity contribution in [2.45, 2.75) is 39.5 Å². The molecule has 0 unspecified atom stereocenters. The highest BCUT2D eigenvalue weighted by molar-refractivity contribution is 8.00. The topological polar surface area (TPSA) is 38.7 Å². The van der Waals surface area contributed by atoms with E-state index in [-0.39, 0.29) is 0 Å². The first kappa shape index (κ1) is 15.0. The van der Waals surface area contributed by atoms with Crippen LogP contribution in [-0.4, -0.2) is 16.4 Å². The summed E-state index contributed by atoms with van der Waals surface area (Å²) >= 11 is 2.58. The van der Waals surface area contributed by atoms with Gasteiger partial charge in [0.1, 0.15) is 0 Å². The third-order valence-electron chi connectivity index (χ3n) is 1.40. The standard InChI is InChI=1S/C8H19O3PS2/c1-3-5-7-13-10-12(9)11-14-8-6-4-2/h9H,3-8H2,1-2H3. The van der Waals surface area contributed by atoms with Crippen LogP contribution in [-0.2, 0) is 7.94 Å². The van der Waals surface area contributed by atoms with Crippen LogP contribution in [0.3, 0.4) is 0 Å². The van der Waals surface area contributed by atoms with Gasteiger partial charge in [0.25, 0.3) is 0 Å². The van der Waals surface area contributed by atoms with Crippen molar-refractivity contribution in [1.29, 1.82) is 0 Å². The van der Waals surface area contributed by atoms with Gasteiger partial charge in [0.15, 0.2) is 0 Å². The number of unbranched alkanes of at least 4 members (excludes halogenated alkanes) is 2. The fourth-order valence-corrected chi connectivity index (χ4v) is 3.04. The summed E-state index contributed by atoms with van der Waals surface area (Å²) in [5.41, 5.74) is 0. The lowest BCUT2D eigenvalue weighted by Gasteiger charge is -2.07. The van der Waals surface area contributed by atoms with Crippen LogP contribution in [0.4, 0.5) is 0 Å². The lowest BCUT2D eigenvalue weighted by Crippen LogP contribution is -1.82. The van der Waals surface area contributed by atoms with Crippen molar-refractivity contribution >= 4 is 32.7 Å². The molecule has 0 spiro atoms. The lowest BCUT2D eigenvalue weighted by molar-refractivity contribution is 0.430. The second kappa shape index (κ2) is 12.1. The summed E-state index contributed by atoms with van der Waals surface area (Å²) < 4.78 is 10.0. The van der Waals surface area contributed by atoms with Crippen LogP contribution in [0.1, 0.15) is 39.5 Å². The minimum Gasteiger partial charge on any atom is -0.327 e. The Bertz CT molecular complexity index is 107. The average Bonchev–Trinajstić information content (AvgIpc) is 2.19. The van der Waals surface area contributed by atoms with Gasteiger partial charge in [-0.3, -0.25) is 0 Å². The molecule has 0 aromatic carbocycles. The van der Waals surface area contributed by atoms with Crippen LogP contribution in [0.5, 0.6) is 0 Å². The van der Waals surface area contributed by atoms with Gasteiger partial charge in [0, 0.05) is 35.6 Å². The second-order valence-corrected chi connectivity index (χ2v) is 5.69. The van der Waals surface area contributed by atoms with E-state index in [0.29, 0.717) is 0 Å². The predicted molar refractivity (Wildman–Crippen MR) is 66.0 cm³/mol. The molecule has 0 fully saturated rings. The molecule has 0 radical (unpaired) electrons. The van der Waals surface area contributed by atoms with Gasteiger partial charge in [0.2, 0.25) is 0 Å². The monoisotopic (exact) mass is 258 g/mol. The molecule has 0 atom stereocenters. The maximum absolute atomic E-state index is 9.23. The molecule has 86 valence electrons. The third kappa shape index (κ3) is 11.1. The van der Waals surface area contributed by atoms with Crippen molar-refractivity contribution in [3.05, 3.63) is 0 Å². The van der Waals surface area contributed by atoms with Gasteiger partial charge in [-0.05, 0) is 12.8 Å². The van der Waals surface area contributed by atoms with Crippen molar-refractivity contribution in [3.8, 4) is 0 Å². The number of rotatable bonds is 10. The molecule has 0 heterocycles. The van der Waals surface area contributed by atoms with Crippen LogP contribution in [0.15, 0.2) is 0 Å². The normalized spacial score (nSPS) is 11.1. The van der Waals surface area contributed by atoms with E-state index in [1.165, 1.54) is 24.1 Å². The van der Waals surface area contributed by atoms with Crippen molar-refractivity contribution in [3.63, 3.8) is 0 Å². The van der Waals surface area contributed by atoms with Crippen LogP contribution in [0, 0.1) is 0 Å². The van der Waals surface area contributed by atoms with Gasteiger partial charge in [-0.2, -0.15) is 0 Å². The highest BCUT2D eigenvalue weighted by atomic mass is 32.2. The van der Waals surface area contributed by atoms with E-state index in [1.807, 2.05) is 0 Å². The Morgan fingerprint density at radius 1 is 1.00 bits per heavy atom. The smallest absolute Gasteiger partial charge is 0.327 e. The molecule has 3 nitrogen and oxygen atoms in total. The van der Waals surface area contributed by atoms with Gasteiger partial charge in [-0.25, -0.2) is 7.94 Å². The van der Waals surface area contributed by atoms with Gasteiger partial charge in [-0.1, -0.05) is 26.7 Å². The molecular formula is C8H19O3PS2. The Kier molecular flexibility index (Phi) is 13.0. The fourth-order valence-electron chi connectivity index (χ4n) is 0.584. The van der Waals surface area contributed by atoms with Crippen molar-refractivity contribution in [1.82, 2.24) is 0 Å². The summed E-state index contributed by atoms with van der Waals surface area (Å²) in [5, 5.41) is 0. The SMILES string of the molecule is CCCCSOP(O)OSCCCC. The van der Waals surface area contributed by atoms with Crippen molar-refractivity contribution in [2.24, 2.45) is 0 Å². The average molecular weight is 258 g/mol. The zero-order valence-corrected chi connectivity index (χ0v) is 11.3. The fraction of sp³-hybridized carbons (Fsp3) is 1.00.